The summed E-state index contributed by atoms with van der Waals surface area (Å²) in [6, 6.07) is 16.1. The number of rotatable bonds is 7. The number of nitrogens with zero attached hydrogens (tertiary/aromatic N) is 1. The topological polar surface area (TPSA) is 119 Å². The summed E-state index contributed by atoms with van der Waals surface area (Å²) in [5, 5.41) is 10.6. The summed E-state index contributed by atoms with van der Waals surface area (Å²) in [6.07, 6.45) is 7.63. The Balaban J connectivity index is 1.22. The lowest BCUT2D eigenvalue weighted by Crippen LogP contribution is -2.39. The number of amides is 2. The van der Waals surface area contributed by atoms with E-state index in [-0.39, 0.29) is 41.3 Å². The lowest BCUT2D eigenvalue weighted by Gasteiger charge is -2.42. The van der Waals surface area contributed by atoms with Gasteiger partial charge in [0.05, 0.1) is 43.3 Å². The number of hydrogen-bond donors (Lipinski definition) is 1. The van der Waals surface area contributed by atoms with Gasteiger partial charge in [0.1, 0.15) is 11.5 Å². The van der Waals surface area contributed by atoms with E-state index in [0.717, 1.165) is 16.7 Å². The van der Waals surface area contributed by atoms with Gasteiger partial charge in [0.25, 0.3) is 0 Å². The van der Waals surface area contributed by atoms with Gasteiger partial charge in [0.15, 0.2) is 23.1 Å². The van der Waals surface area contributed by atoms with Gasteiger partial charge >= 0.3 is 0 Å². The number of aromatic hydroxyl groups is 1. The average molecular weight is 737 g/mol. The molecule has 7 rings (SSSR count). The highest BCUT2D eigenvalue weighted by Gasteiger charge is 2.56. The molecule has 4 unspecified atom stereocenters. The van der Waals surface area contributed by atoms with Crippen LogP contribution >= 0.6 is 15.9 Å². The van der Waals surface area contributed by atoms with Crippen LogP contribution in [0.1, 0.15) is 42.4 Å². The van der Waals surface area contributed by atoms with E-state index in [0.29, 0.717) is 50.4 Å². The minimum Gasteiger partial charge on any atom is -0.503 e. The number of imide groups is 1. The predicted octanol–water partition coefficient (Wildman–Crippen LogP) is 6.99. The SMILES string of the molecule is COc1ccc(OC)c(C=Cc2ccc(N3C(=O)C4CC=C5C(c6cc(Br)c(O)c(OC)c6)C6=C(CC5C4C3=O)C(=O)C=C(C)C6=O)cc2)c1. The molecule has 0 saturated carbocycles. The molecule has 1 saturated heterocycles. The summed E-state index contributed by atoms with van der Waals surface area (Å²) >= 11 is 3.41. The van der Waals surface area contributed by atoms with Crippen molar-refractivity contribution >= 4 is 57.2 Å². The molecule has 10 heteroatoms. The summed E-state index contributed by atoms with van der Waals surface area (Å²) in [4.78, 5) is 56.8. The molecule has 0 bridgehead atoms. The molecule has 4 atom stereocenters. The maximum Gasteiger partial charge on any atom is 0.238 e. The molecule has 3 aromatic carbocycles. The number of ketones is 2. The Kier molecular flexibility index (Phi) is 8.59. The third kappa shape index (κ3) is 5.38. The zero-order chi connectivity index (χ0) is 35.4. The minimum atomic E-state index is -0.712. The molecule has 1 aliphatic heterocycles. The highest BCUT2D eigenvalue weighted by Crippen LogP contribution is 2.56. The van der Waals surface area contributed by atoms with Gasteiger partial charge in [-0.25, -0.2) is 0 Å². The predicted molar refractivity (Wildman–Crippen MR) is 191 cm³/mol. The van der Waals surface area contributed by atoms with E-state index in [1.807, 2.05) is 48.6 Å². The summed E-state index contributed by atoms with van der Waals surface area (Å²) < 4.78 is 16.6. The van der Waals surface area contributed by atoms with Gasteiger partial charge in [-0.3, -0.25) is 24.1 Å². The molecule has 2 amide bonds. The molecular weight excluding hydrogens is 702 g/mol. The first-order valence-electron chi connectivity index (χ1n) is 16.2. The quantitative estimate of drug-likeness (QED) is 0.119. The van der Waals surface area contributed by atoms with Crippen LogP contribution in [0.3, 0.4) is 0 Å². The second kappa shape index (κ2) is 12.9. The number of halogens is 1. The Morgan fingerprint density at radius 2 is 1.60 bits per heavy atom. The number of ether oxygens (including phenoxy) is 3. The molecule has 0 aromatic heterocycles. The monoisotopic (exact) mass is 735 g/mol. The summed E-state index contributed by atoms with van der Waals surface area (Å²) in [7, 11) is 4.64. The van der Waals surface area contributed by atoms with Gasteiger partial charge in [0.2, 0.25) is 11.8 Å². The molecule has 0 spiro atoms. The van der Waals surface area contributed by atoms with Crippen LogP contribution in [0.15, 0.2) is 93.5 Å². The molecule has 1 fully saturated rings. The van der Waals surface area contributed by atoms with Crippen LogP contribution in [-0.2, 0) is 19.2 Å². The van der Waals surface area contributed by atoms with E-state index in [9.17, 15) is 24.3 Å². The van der Waals surface area contributed by atoms with Crippen LogP contribution in [0, 0.1) is 17.8 Å². The fourth-order valence-electron chi connectivity index (χ4n) is 7.80. The molecule has 0 radical (unpaired) electrons. The summed E-state index contributed by atoms with van der Waals surface area (Å²) in [6.45, 7) is 1.62. The second-order valence-electron chi connectivity index (χ2n) is 12.8. The number of methoxy groups -OCH3 is 3. The lowest BCUT2D eigenvalue weighted by molar-refractivity contribution is -0.123. The number of hydrogen-bond acceptors (Lipinski definition) is 8. The van der Waals surface area contributed by atoms with Crippen LogP contribution in [0.25, 0.3) is 12.2 Å². The zero-order valence-corrected chi connectivity index (χ0v) is 29.4. The molecular formula is C40H34BrNO8. The smallest absolute Gasteiger partial charge is 0.238 e. The van der Waals surface area contributed by atoms with E-state index in [1.165, 1.54) is 18.1 Å². The van der Waals surface area contributed by atoms with Crippen LogP contribution in [0.4, 0.5) is 5.69 Å². The Bertz CT molecular complexity index is 2110. The summed E-state index contributed by atoms with van der Waals surface area (Å²) in [5.74, 6) is -2.07. The fraction of sp³-hybridized carbons (Fsp3) is 0.250. The Morgan fingerprint density at radius 3 is 2.30 bits per heavy atom. The van der Waals surface area contributed by atoms with Gasteiger partial charge in [-0.2, -0.15) is 0 Å². The normalized spacial score (nSPS) is 23.0. The Morgan fingerprint density at radius 1 is 0.860 bits per heavy atom. The molecule has 1 heterocycles. The number of carbonyl (C=O) groups is 4. The van der Waals surface area contributed by atoms with Crippen LogP contribution in [-0.4, -0.2) is 49.8 Å². The molecule has 3 aliphatic carbocycles. The average Bonchev–Trinajstić information content (AvgIpc) is 3.38. The van der Waals surface area contributed by atoms with Crippen molar-refractivity contribution in [3.8, 4) is 23.0 Å². The number of phenols is 1. The van der Waals surface area contributed by atoms with Gasteiger partial charge in [-0.15, -0.1) is 0 Å². The van der Waals surface area contributed by atoms with E-state index in [1.54, 1.807) is 45.4 Å². The van der Waals surface area contributed by atoms with E-state index in [2.05, 4.69) is 15.9 Å². The molecule has 254 valence electrons. The van der Waals surface area contributed by atoms with Crippen molar-refractivity contribution in [2.45, 2.75) is 25.7 Å². The van der Waals surface area contributed by atoms with Crippen molar-refractivity contribution in [3.63, 3.8) is 0 Å². The van der Waals surface area contributed by atoms with Crippen molar-refractivity contribution < 1.29 is 38.5 Å². The highest BCUT2D eigenvalue weighted by molar-refractivity contribution is 9.10. The maximum atomic E-state index is 14.3. The van der Waals surface area contributed by atoms with Crippen molar-refractivity contribution in [3.05, 3.63) is 110 Å². The molecule has 4 aliphatic rings. The molecule has 1 N–H and O–H groups in total. The van der Waals surface area contributed by atoms with E-state index in [4.69, 9.17) is 14.2 Å². The van der Waals surface area contributed by atoms with Gasteiger partial charge < -0.3 is 19.3 Å². The number of benzene rings is 3. The third-order valence-electron chi connectivity index (χ3n) is 10.2. The molecule has 3 aromatic rings. The standard InChI is InChI=1S/C40H34BrNO8/c1-20-15-31(43)29-19-28-26(34(36(29)37(20)44)23-17-30(41)38(45)33(18-23)50-4)12-13-27-35(28)40(47)42(39(27)46)24-9-6-21(7-10-24)5-8-22-16-25(48-2)11-14-32(22)49-3/h5-12,14-18,27-28,34-35,45H,13,19H2,1-4H3. The van der Waals surface area contributed by atoms with Gasteiger partial charge in [0, 0.05) is 28.2 Å². The first-order valence-corrected chi connectivity index (χ1v) is 17.0. The minimum absolute atomic E-state index is 0.0913. The number of fused-ring (bicyclic) bond motifs is 3. The number of phenolic OH excluding ortho intramolecular Hbond substituents is 1. The first kappa shape index (κ1) is 33.3. The first-order chi connectivity index (χ1) is 24.1. The van der Waals surface area contributed by atoms with Crippen molar-refractivity contribution in [2.75, 3.05) is 26.2 Å². The number of Topliss-reactive ketones (excluding diaryl/α,β-unsaturated/α-hetero) is 1. The van der Waals surface area contributed by atoms with Crippen LogP contribution < -0.4 is 19.1 Å². The van der Waals surface area contributed by atoms with Crippen molar-refractivity contribution in [2.24, 2.45) is 17.8 Å². The Labute approximate surface area is 297 Å². The zero-order valence-electron chi connectivity index (χ0n) is 27.9. The van der Waals surface area contributed by atoms with Crippen LogP contribution in [0.5, 0.6) is 23.0 Å². The molecule has 50 heavy (non-hydrogen) atoms. The largest absolute Gasteiger partial charge is 0.503 e. The lowest BCUT2D eigenvalue weighted by atomic mass is 9.59. The number of allylic oxidation sites excluding steroid dienone is 6. The number of carbonyl (C=O) groups excluding carboxylic acids is 4. The summed E-state index contributed by atoms with van der Waals surface area (Å²) in [5.41, 5.74) is 4.68. The van der Waals surface area contributed by atoms with E-state index >= 15 is 0 Å². The van der Waals surface area contributed by atoms with Crippen molar-refractivity contribution in [1.82, 2.24) is 0 Å². The third-order valence-corrected chi connectivity index (χ3v) is 10.8. The molecule has 9 nitrogen and oxygen atoms in total. The number of anilines is 1. The van der Waals surface area contributed by atoms with Gasteiger partial charge in [-0.1, -0.05) is 35.9 Å². The van der Waals surface area contributed by atoms with Gasteiger partial charge in [-0.05, 0) is 101 Å². The Hall–Kier alpha value is -5.22. The van der Waals surface area contributed by atoms with Crippen molar-refractivity contribution in [1.29, 1.82) is 0 Å². The maximum absolute atomic E-state index is 14.3. The highest BCUT2D eigenvalue weighted by atomic mass is 79.9. The van der Waals surface area contributed by atoms with Crippen LogP contribution in [0.2, 0.25) is 0 Å². The second-order valence-corrected chi connectivity index (χ2v) is 13.7. The fourth-order valence-corrected chi connectivity index (χ4v) is 8.26. The van der Waals surface area contributed by atoms with E-state index < -0.39 is 23.7 Å².